The normalized spacial score (nSPS) is 10.6. The zero-order valence-electron chi connectivity index (χ0n) is 12.9. The second kappa shape index (κ2) is 8.31. The van der Waals surface area contributed by atoms with Gasteiger partial charge < -0.3 is 19.8 Å². The minimum Gasteiger partial charge on any atom is -0.443 e. The zero-order chi connectivity index (χ0) is 15.8. The number of methoxy groups -OCH3 is 1. The van der Waals surface area contributed by atoms with Crippen molar-refractivity contribution >= 4 is 5.91 Å². The summed E-state index contributed by atoms with van der Waals surface area (Å²) in [5.74, 6) is 0.253. The number of rotatable bonds is 8. The number of hydrogen-bond donors (Lipinski definition) is 2. The summed E-state index contributed by atoms with van der Waals surface area (Å²) in [6, 6.07) is 7.77. The third-order valence-electron chi connectivity index (χ3n) is 3.17. The molecule has 0 aliphatic heterocycles. The van der Waals surface area contributed by atoms with E-state index in [1.807, 2.05) is 31.2 Å². The Kier molecular flexibility index (Phi) is 6.12. The summed E-state index contributed by atoms with van der Waals surface area (Å²) in [4.78, 5) is 16.2. The number of carbonyl (C=O) groups is 1. The van der Waals surface area contributed by atoms with Crippen molar-refractivity contribution in [2.24, 2.45) is 0 Å². The fourth-order valence-electron chi connectivity index (χ4n) is 1.97. The maximum absolute atomic E-state index is 12.2. The summed E-state index contributed by atoms with van der Waals surface area (Å²) >= 11 is 0. The van der Waals surface area contributed by atoms with E-state index in [1.54, 1.807) is 7.11 Å². The Labute approximate surface area is 129 Å². The molecule has 22 heavy (non-hydrogen) atoms. The van der Waals surface area contributed by atoms with Gasteiger partial charge in [0, 0.05) is 32.3 Å². The van der Waals surface area contributed by atoms with Crippen molar-refractivity contribution in [3.63, 3.8) is 0 Å². The standard InChI is InChI=1S/C16H21N3O3/c1-12-3-5-13(6-4-12)15-14(19-11-22-15)16(20)18-8-7-17-9-10-21-2/h3-6,11,17H,7-10H2,1-2H3,(H,18,20). The Morgan fingerprint density at radius 3 is 2.73 bits per heavy atom. The highest BCUT2D eigenvalue weighted by Crippen LogP contribution is 2.23. The van der Waals surface area contributed by atoms with Crippen molar-refractivity contribution < 1.29 is 13.9 Å². The minimum atomic E-state index is -0.238. The van der Waals surface area contributed by atoms with Gasteiger partial charge in [-0.05, 0) is 6.92 Å². The molecule has 0 aliphatic rings. The predicted octanol–water partition coefficient (Wildman–Crippen LogP) is 1.62. The topological polar surface area (TPSA) is 76.4 Å². The van der Waals surface area contributed by atoms with E-state index in [0.29, 0.717) is 31.2 Å². The van der Waals surface area contributed by atoms with Crippen molar-refractivity contribution in [3.8, 4) is 11.3 Å². The third-order valence-corrected chi connectivity index (χ3v) is 3.17. The van der Waals surface area contributed by atoms with Crippen LogP contribution >= 0.6 is 0 Å². The van der Waals surface area contributed by atoms with E-state index in [2.05, 4.69) is 15.6 Å². The van der Waals surface area contributed by atoms with Crippen LogP contribution in [0.25, 0.3) is 11.3 Å². The first-order chi connectivity index (χ1) is 10.7. The van der Waals surface area contributed by atoms with Crippen LogP contribution in [-0.4, -0.2) is 44.2 Å². The van der Waals surface area contributed by atoms with Crippen LogP contribution in [0.15, 0.2) is 35.1 Å². The van der Waals surface area contributed by atoms with E-state index >= 15 is 0 Å². The van der Waals surface area contributed by atoms with Crippen LogP contribution in [0.5, 0.6) is 0 Å². The predicted molar refractivity (Wildman–Crippen MR) is 83.8 cm³/mol. The first-order valence-electron chi connectivity index (χ1n) is 7.20. The van der Waals surface area contributed by atoms with Gasteiger partial charge in [0.05, 0.1) is 6.61 Å². The second-order valence-corrected chi connectivity index (χ2v) is 4.89. The molecule has 0 aliphatic carbocycles. The molecule has 1 aromatic heterocycles. The molecule has 2 aromatic rings. The Hall–Kier alpha value is -2.18. The van der Waals surface area contributed by atoms with Gasteiger partial charge in [0.1, 0.15) is 0 Å². The molecule has 0 radical (unpaired) electrons. The van der Waals surface area contributed by atoms with Crippen molar-refractivity contribution in [3.05, 3.63) is 41.9 Å². The summed E-state index contributed by atoms with van der Waals surface area (Å²) in [6.07, 6.45) is 1.29. The van der Waals surface area contributed by atoms with Gasteiger partial charge in [-0.3, -0.25) is 4.79 Å². The van der Waals surface area contributed by atoms with Gasteiger partial charge in [0.2, 0.25) is 0 Å². The molecular weight excluding hydrogens is 282 g/mol. The Morgan fingerprint density at radius 1 is 1.23 bits per heavy atom. The molecule has 118 valence electrons. The molecule has 1 heterocycles. The fraction of sp³-hybridized carbons (Fsp3) is 0.375. The van der Waals surface area contributed by atoms with E-state index < -0.39 is 0 Å². The van der Waals surface area contributed by atoms with Crippen LogP contribution in [-0.2, 0) is 4.74 Å². The third kappa shape index (κ3) is 4.41. The summed E-state index contributed by atoms with van der Waals surface area (Å²) in [5, 5.41) is 5.97. The molecular formula is C16H21N3O3. The van der Waals surface area contributed by atoms with E-state index in [0.717, 1.165) is 17.7 Å². The van der Waals surface area contributed by atoms with Gasteiger partial charge in [-0.2, -0.15) is 0 Å². The number of hydrogen-bond acceptors (Lipinski definition) is 5. The molecule has 0 atom stereocenters. The lowest BCUT2D eigenvalue weighted by atomic mass is 10.1. The van der Waals surface area contributed by atoms with E-state index in [9.17, 15) is 4.79 Å². The zero-order valence-corrected chi connectivity index (χ0v) is 12.9. The molecule has 2 rings (SSSR count). The molecule has 1 amide bonds. The highest BCUT2D eigenvalue weighted by Gasteiger charge is 2.17. The minimum absolute atomic E-state index is 0.238. The average Bonchev–Trinajstić information content (AvgIpc) is 3.01. The van der Waals surface area contributed by atoms with Crippen molar-refractivity contribution in [1.29, 1.82) is 0 Å². The molecule has 0 bridgehead atoms. The van der Waals surface area contributed by atoms with Crippen molar-refractivity contribution in [2.75, 3.05) is 33.4 Å². The SMILES string of the molecule is COCCNCCNC(=O)c1ncoc1-c1ccc(C)cc1. The largest absolute Gasteiger partial charge is 0.443 e. The quantitative estimate of drug-likeness (QED) is 0.725. The maximum atomic E-state index is 12.2. The molecule has 0 fully saturated rings. The number of carbonyl (C=O) groups excluding carboxylic acids is 1. The van der Waals surface area contributed by atoms with Gasteiger partial charge in [0.25, 0.3) is 5.91 Å². The molecule has 1 aromatic carbocycles. The average molecular weight is 303 g/mol. The van der Waals surface area contributed by atoms with Crippen LogP contribution in [0.3, 0.4) is 0 Å². The van der Waals surface area contributed by atoms with Gasteiger partial charge >= 0.3 is 0 Å². The maximum Gasteiger partial charge on any atom is 0.273 e. The van der Waals surface area contributed by atoms with Gasteiger partial charge in [-0.15, -0.1) is 0 Å². The van der Waals surface area contributed by atoms with Gasteiger partial charge in [0.15, 0.2) is 17.8 Å². The Bertz CT molecular complexity index is 593. The van der Waals surface area contributed by atoms with E-state index in [4.69, 9.17) is 9.15 Å². The monoisotopic (exact) mass is 303 g/mol. The number of nitrogens with one attached hydrogen (secondary N) is 2. The van der Waals surface area contributed by atoms with Crippen LogP contribution < -0.4 is 10.6 Å². The van der Waals surface area contributed by atoms with Crippen LogP contribution in [0.4, 0.5) is 0 Å². The number of ether oxygens (including phenoxy) is 1. The number of nitrogens with zero attached hydrogens (tertiary/aromatic N) is 1. The van der Waals surface area contributed by atoms with E-state index in [-0.39, 0.29) is 5.91 Å². The molecule has 6 nitrogen and oxygen atoms in total. The first-order valence-corrected chi connectivity index (χ1v) is 7.20. The lowest BCUT2D eigenvalue weighted by molar-refractivity contribution is 0.0949. The van der Waals surface area contributed by atoms with Gasteiger partial charge in [-0.1, -0.05) is 29.8 Å². The number of oxazole rings is 1. The Balaban J connectivity index is 1.91. The van der Waals surface area contributed by atoms with Crippen molar-refractivity contribution in [2.45, 2.75) is 6.92 Å². The molecule has 0 spiro atoms. The number of aromatic nitrogens is 1. The molecule has 0 unspecified atom stereocenters. The first kappa shape index (κ1) is 16.2. The molecule has 0 saturated carbocycles. The van der Waals surface area contributed by atoms with Crippen LogP contribution in [0.2, 0.25) is 0 Å². The number of amides is 1. The lowest BCUT2D eigenvalue weighted by Crippen LogP contribution is -2.33. The van der Waals surface area contributed by atoms with Crippen molar-refractivity contribution in [1.82, 2.24) is 15.6 Å². The summed E-state index contributed by atoms with van der Waals surface area (Å²) in [5.41, 5.74) is 2.30. The smallest absolute Gasteiger partial charge is 0.273 e. The molecule has 0 saturated heterocycles. The summed E-state index contributed by atoms with van der Waals surface area (Å²) < 4.78 is 10.3. The second-order valence-electron chi connectivity index (χ2n) is 4.89. The summed E-state index contributed by atoms with van der Waals surface area (Å²) in [6.45, 7) is 4.60. The summed E-state index contributed by atoms with van der Waals surface area (Å²) in [7, 11) is 1.65. The molecule has 6 heteroatoms. The highest BCUT2D eigenvalue weighted by atomic mass is 16.5. The number of aryl methyl sites for hydroxylation is 1. The van der Waals surface area contributed by atoms with E-state index in [1.165, 1.54) is 6.39 Å². The highest BCUT2D eigenvalue weighted by molar-refractivity contribution is 5.97. The lowest BCUT2D eigenvalue weighted by Gasteiger charge is -2.06. The van der Waals surface area contributed by atoms with Crippen LogP contribution in [0, 0.1) is 6.92 Å². The molecule has 2 N–H and O–H groups in total. The number of benzene rings is 1. The Morgan fingerprint density at radius 2 is 2.00 bits per heavy atom. The van der Waals surface area contributed by atoms with Crippen LogP contribution in [0.1, 0.15) is 16.1 Å². The fourth-order valence-corrected chi connectivity index (χ4v) is 1.97. The van der Waals surface area contributed by atoms with Gasteiger partial charge in [-0.25, -0.2) is 4.98 Å².